The summed E-state index contributed by atoms with van der Waals surface area (Å²) in [6.07, 6.45) is 1.06. The van der Waals surface area contributed by atoms with E-state index >= 15 is 0 Å². The van der Waals surface area contributed by atoms with Crippen LogP contribution in [0, 0.1) is 0 Å². The highest BCUT2D eigenvalue weighted by Gasteiger charge is 2.23. The van der Waals surface area contributed by atoms with Crippen molar-refractivity contribution in [2.45, 2.75) is 13.0 Å². The number of methoxy groups -OCH3 is 2. The maximum absolute atomic E-state index is 12.8. The molecule has 0 saturated carbocycles. The van der Waals surface area contributed by atoms with Crippen LogP contribution in [-0.4, -0.2) is 41.3 Å². The van der Waals surface area contributed by atoms with Gasteiger partial charge in [-0.1, -0.05) is 18.2 Å². The van der Waals surface area contributed by atoms with E-state index in [0.29, 0.717) is 34.2 Å². The Morgan fingerprint density at radius 2 is 1.53 bits per heavy atom. The van der Waals surface area contributed by atoms with E-state index in [2.05, 4.69) is 5.32 Å². The van der Waals surface area contributed by atoms with Gasteiger partial charge in [-0.3, -0.25) is 9.10 Å². The van der Waals surface area contributed by atoms with E-state index in [4.69, 9.17) is 14.2 Å². The van der Waals surface area contributed by atoms with Gasteiger partial charge in [-0.25, -0.2) is 8.42 Å². The lowest BCUT2D eigenvalue weighted by atomic mass is 10.1. The fourth-order valence-electron chi connectivity index (χ4n) is 3.38. The third-order valence-corrected chi connectivity index (χ3v) is 6.21. The zero-order valence-electron chi connectivity index (χ0n) is 19.5. The molecule has 0 aromatic heterocycles. The molecule has 9 heteroatoms. The largest absolute Gasteiger partial charge is 0.497 e. The van der Waals surface area contributed by atoms with Crippen LogP contribution < -0.4 is 23.8 Å². The van der Waals surface area contributed by atoms with Crippen LogP contribution >= 0.6 is 0 Å². The zero-order valence-corrected chi connectivity index (χ0v) is 20.3. The summed E-state index contributed by atoms with van der Waals surface area (Å²) in [4.78, 5) is 12.8. The number of nitrogens with one attached hydrogen (secondary N) is 1. The van der Waals surface area contributed by atoms with Crippen molar-refractivity contribution in [2.24, 2.45) is 0 Å². The maximum Gasteiger partial charge on any atom is 0.241 e. The fourth-order valence-corrected chi connectivity index (χ4v) is 4.23. The SMILES string of the molecule is COc1ccc(OC)c([C@H](C)NC(=O)CN(c2ccc(Oc3ccccc3)cc2)S(C)(=O)=O)c1. The predicted molar refractivity (Wildman–Crippen MR) is 131 cm³/mol. The first-order valence-corrected chi connectivity index (χ1v) is 12.4. The van der Waals surface area contributed by atoms with Crippen molar-refractivity contribution < 1.29 is 27.4 Å². The molecule has 0 fully saturated rings. The molecule has 3 rings (SSSR count). The Labute approximate surface area is 200 Å². The number of sulfonamides is 1. The van der Waals surface area contributed by atoms with E-state index in [0.717, 1.165) is 10.6 Å². The molecule has 1 amide bonds. The molecule has 0 bridgehead atoms. The molecule has 0 unspecified atom stereocenters. The lowest BCUT2D eigenvalue weighted by molar-refractivity contribution is -0.120. The molecule has 0 aliphatic rings. The molecule has 180 valence electrons. The quantitative estimate of drug-likeness (QED) is 0.465. The molecule has 3 aromatic rings. The Morgan fingerprint density at radius 1 is 0.912 bits per heavy atom. The summed E-state index contributed by atoms with van der Waals surface area (Å²) in [6.45, 7) is 1.41. The molecule has 34 heavy (non-hydrogen) atoms. The van der Waals surface area contributed by atoms with Crippen LogP contribution in [0.2, 0.25) is 0 Å². The van der Waals surface area contributed by atoms with E-state index in [-0.39, 0.29) is 6.54 Å². The summed E-state index contributed by atoms with van der Waals surface area (Å²) in [7, 11) is -0.633. The topological polar surface area (TPSA) is 94.2 Å². The Hall–Kier alpha value is -3.72. The minimum absolute atomic E-state index is 0.352. The van der Waals surface area contributed by atoms with Crippen LogP contribution in [0.5, 0.6) is 23.0 Å². The van der Waals surface area contributed by atoms with Gasteiger partial charge in [0, 0.05) is 5.56 Å². The number of anilines is 1. The molecule has 0 saturated heterocycles. The van der Waals surface area contributed by atoms with Gasteiger partial charge in [-0.05, 0) is 61.5 Å². The molecular formula is C25H28N2O6S. The van der Waals surface area contributed by atoms with Crippen molar-refractivity contribution in [2.75, 3.05) is 31.3 Å². The monoisotopic (exact) mass is 484 g/mol. The smallest absolute Gasteiger partial charge is 0.241 e. The summed E-state index contributed by atoms with van der Waals surface area (Å²) in [5.74, 6) is 1.95. The van der Waals surface area contributed by atoms with Gasteiger partial charge in [0.1, 0.15) is 29.5 Å². The summed E-state index contributed by atoms with van der Waals surface area (Å²) >= 11 is 0. The van der Waals surface area contributed by atoms with Gasteiger partial charge in [0.05, 0.1) is 32.2 Å². The first-order chi connectivity index (χ1) is 16.2. The number of hydrogen-bond acceptors (Lipinski definition) is 6. The van der Waals surface area contributed by atoms with Crippen LogP contribution in [0.1, 0.15) is 18.5 Å². The van der Waals surface area contributed by atoms with Crippen LogP contribution in [0.4, 0.5) is 5.69 Å². The van der Waals surface area contributed by atoms with Crippen molar-refractivity contribution >= 4 is 21.6 Å². The molecule has 1 N–H and O–H groups in total. The number of amides is 1. The molecule has 0 radical (unpaired) electrons. The third-order valence-electron chi connectivity index (χ3n) is 5.07. The molecule has 8 nitrogen and oxygen atoms in total. The van der Waals surface area contributed by atoms with Gasteiger partial charge in [-0.2, -0.15) is 0 Å². The summed E-state index contributed by atoms with van der Waals surface area (Å²) in [5.41, 5.74) is 1.06. The Morgan fingerprint density at radius 3 is 2.12 bits per heavy atom. The maximum atomic E-state index is 12.8. The summed E-state index contributed by atoms with van der Waals surface area (Å²) in [5, 5.41) is 2.83. The minimum atomic E-state index is -3.72. The van der Waals surface area contributed by atoms with Crippen molar-refractivity contribution in [3.63, 3.8) is 0 Å². The van der Waals surface area contributed by atoms with Gasteiger partial charge in [0.15, 0.2) is 0 Å². The first-order valence-electron chi connectivity index (χ1n) is 10.5. The molecular weight excluding hydrogens is 456 g/mol. The normalized spacial score (nSPS) is 11.9. The number of carbonyl (C=O) groups is 1. The summed E-state index contributed by atoms with van der Waals surface area (Å²) < 4.78 is 42.4. The number of benzene rings is 3. The molecule has 3 aromatic carbocycles. The number of hydrogen-bond donors (Lipinski definition) is 1. The van der Waals surface area contributed by atoms with Crippen LogP contribution in [-0.2, 0) is 14.8 Å². The van der Waals surface area contributed by atoms with Gasteiger partial charge < -0.3 is 19.5 Å². The van der Waals surface area contributed by atoms with Crippen LogP contribution in [0.25, 0.3) is 0 Å². The Bertz CT molecular complexity index is 1210. The van der Waals surface area contributed by atoms with Crippen molar-refractivity contribution in [1.29, 1.82) is 0 Å². The van der Waals surface area contributed by atoms with Gasteiger partial charge in [0.2, 0.25) is 15.9 Å². The first kappa shape index (κ1) is 24.9. The lowest BCUT2D eigenvalue weighted by Gasteiger charge is -2.24. The number of nitrogens with zero attached hydrogens (tertiary/aromatic N) is 1. The molecule has 1 atom stereocenters. The van der Waals surface area contributed by atoms with E-state index in [9.17, 15) is 13.2 Å². The average molecular weight is 485 g/mol. The number of rotatable bonds is 10. The number of carbonyl (C=O) groups excluding carboxylic acids is 1. The van der Waals surface area contributed by atoms with E-state index < -0.39 is 22.0 Å². The van der Waals surface area contributed by atoms with E-state index in [1.807, 2.05) is 30.3 Å². The second kappa shape index (κ2) is 10.9. The lowest BCUT2D eigenvalue weighted by Crippen LogP contribution is -2.41. The van der Waals surface area contributed by atoms with E-state index in [1.54, 1.807) is 56.5 Å². The van der Waals surface area contributed by atoms with Crippen molar-refractivity contribution in [1.82, 2.24) is 5.32 Å². The second-order valence-electron chi connectivity index (χ2n) is 7.58. The highest BCUT2D eigenvalue weighted by molar-refractivity contribution is 7.92. The van der Waals surface area contributed by atoms with Gasteiger partial charge >= 0.3 is 0 Å². The standard InChI is InChI=1S/C25H28N2O6S/c1-18(23-16-22(31-2)14-15-24(23)32-3)26-25(28)17-27(34(4,29)30)19-10-12-21(13-11-19)33-20-8-6-5-7-9-20/h5-16,18H,17H2,1-4H3,(H,26,28)/t18-/m0/s1. The Kier molecular flexibility index (Phi) is 8.01. The Balaban J connectivity index is 1.74. The highest BCUT2D eigenvalue weighted by atomic mass is 32.2. The van der Waals surface area contributed by atoms with Gasteiger partial charge in [-0.15, -0.1) is 0 Å². The second-order valence-corrected chi connectivity index (χ2v) is 9.48. The molecule has 0 heterocycles. The predicted octanol–water partition coefficient (Wildman–Crippen LogP) is 4.14. The minimum Gasteiger partial charge on any atom is -0.497 e. The van der Waals surface area contributed by atoms with Crippen molar-refractivity contribution in [3.05, 3.63) is 78.4 Å². The van der Waals surface area contributed by atoms with Gasteiger partial charge in [0.25, 0.3) is 0 Å². The molecule has 0 aliphatic heterocycles. The average Bonchev–Trinajstić information content (AvgIpc) is 2.82. The third kappa shape index (κ3) is 6.41. The molecule has 0 spiro atoms. The van der Waals surface area contributed by atoms with Crippen LogP contribution in [0.15, 0.2) is 72.8 Å². The summed E-state index contributed by atoms with van der Waals surface area (Å²) in [6, 6.07) is 20.6. The number of para-hydroxylation sites is 1. The van der Waals surface area contributed by atoms with Crippen LogP contribution in [0.3, 0.4) is 0 Å². The zero-order chi connectivity index (χ0) is 24.7. The fraction of sp³-hybridized carbons (Fsp3) is 0.240. The number of ether oxygens (including phenoxy) is 3. The van der Waals surface area contributed by atoms with E-state index in [1.165, 1.54) is 7.11 Å². The van der Waals surface area contributed by atoms with Crippen molar-refractivity contribution in [3.8, 4) is 23.0 Å². The molecule has 0 aliphatic carbocycles. The highest BCUT2D eigenvalue weighted by Crippen LogP contribution is 2.29.